The first-order valence-electron chi connectivity index (χ1n) is 5.48. The zero-order valence-electron chi connectivity index (χ0n) is 10.5. The molecule has 0 atom stereocenters. The van der Waals surface area contributed by atoms with Gasteiger partial charge in [-0.25, -0.2) is 22.3 Å². The predicted octanol–water partition coefficient (Wildman–Crippen LogP) is 1.42. The standard InChI is InChI=1S/C11H15F2NO4S/c1-7(2)17-3-4-18-11-9(12)5-8(6-10(11)13)19(14,15)16/h5-7H,3-4H2,1-2H3,(H2,14,15,16). The molecule has 1 aromatic carbocycles. The number of ether oxygens (including phenoxy) is 2. The van der Waals surface area contributed by atoms with E-state index in [0.29, 0.717) is 12.1 Å². The quantitative estimate of drug-likeness (QED) is 0.805. The lowest BCUT2D eigenvalue weighted by molar-refractivity contribution is 0.0534. The summed E-state index contributed by atoms with van der Waals surface area (Å²) in [5.74, 6) is -2.91. The highest BCUT2D eigenvalue weighted by molar-refractivity contribution is 7.89. The average Bonchev–Trinajstić information content (AvgIpc) is 2.25. The summed E-state index contributed by atoms with van der Waals surface area (Å²) in [5.41, 5.74) is 0. The number of nitrogens with two attached hydrogens (primary N) is 1. The Labute approximate surface area is 110 Å². The second-order valence-corrected chi connectivity index (χ2v) is 5.59. The molecule has 0 aromatic heterocycles. The van der Waals surface area contributed by atoms with Crippen molar-refractivity contribution in [3.8, 4) is 5.75 Å². The van der Waals surface area contributed by atoms with Crippen molar-refractivity contribution in [2.75, 3.05) is 13.2 Å². The fourth-order valence-corrected chi connectivity index (χ4v) is 1.80. The SMILES string of the molecule is CC(C)OCCOc1c(F)cc(S(N)(=O)=O)cc1F. The lowest BCUT2D eigenvalue weighted by Gasteiger charge is -2.11. The van der Waals surface area contributed by atoms with Gasteiger partial charge >= 0.3 is 0 Å². The summed E-state index contributed by atoms with van der Waals surface area (Å²) < 4.78 is 58.9. The number of halogens is 2. The summed E-state index contributed by atoms with van der Waals surface area (Å²) in [5, 5.41) is 4.78. The maximum atomic E-state index is 13.5. The minimum atomic E-state index is -4.16. The largest absolute Gasteiger partial charge is 0.485 e. The van der Waals surface area contributed by atoms with E-state index >= 15 is 0 Å². The summed E-state index contributed by atoms with van der Waals surface area (Å²) >= 11 is 0. The van der Waals surface area contributed by atoms with Crippen LogP contribution in [0.4, 0.5) is 8.78 Å². The van der Waals surface area contributed by atoms with Crippen LogP contribution in [-0.2, 0) is 14.8 Å². The van der Waals surface area contributed by atoms with Crippen LogP contribution >= 0.6 is 0 Å². The molecule has 0 spiro atoms. The molecule has 0 saturated carbocycles. The molecule has 0 radical (unpaired) electrons. The second-order valence-electron chi connectivity index (χ2n) is 4.03. The van der Waals surface area contributed by atoms with Gasteiger partial charge in [0.1, 0.15) is 6.61 Å². The molecule has 1 aromatic rings. The number of sulfonamides is 1. The molecular weight excluding hydrogens is 280 g/mol. The molecule has 8 heteroatoms. The van der Waals surface area contributed by atoms with Crippen molar-refractivity contribution < 1.29 is 26.7 Å². The minimum absolute atomic E-state index is 0.0250. The van der Waals surface area contributed by atoms with Crippen LogP contribution < -0.4 is 9.88 Å². The maximum Gasteiger partial charge on any atom is 0.238 e. The normalized spacial score (nSPS) is 11.9. The molecule has 0 fully saturated rings. The summed E-state index contributed by atoms with van der Waals surface area (Å²) in [6.07, 6.45) is -0.0250. The third-order valence-corrected chi connectivity index (χ3v) is 2.97. The van der Waals surface area contributed by atoms with Crippen LogP contribution in [0, 0.1) is 11.6 Å². The number of primary sulfonamides is 1. The van der Waals surface area contributed by atoms with Gasteiger partial charge in [0.25, 0.3) is 0 Å². The van der Waals surface area contributed by atoms with Gasteiger partial charge in [-0.15, -0.1) is 0 Å². The average molecular weight is 295 g/mol. The highest BCUT2D eigenvalue weighted by atomic mass is 32.2. The van der Waals surface area contributed by atoms with Gasteiger partial charge in [0, 0.05) is 0 Å². The Hall–Kier alpha value is -1.25. The van der Waals surface area contributed by atoms with Crippen molar-refractivity contribution in [1.82, 2.24) is 0 Å². The molecule has 0 amide bonds. The van der Waals surface area contributed by atoms with Crippen molar-refractivity contribution in [2.24, 2.45) is 5.14 Å². The van der Waals surface area contributed by atoms with E-state index in [2.05, 4.69) is 0 Å². The summed E-state index contributed by atoms with van der Waals surface area (Å²) in [7, 11) is -4.16. The first kappa shape index (κ1) is 15.8. The molecule has 0 aliphatic heterocycles. The third-order valence-electron chi connectivity index (χ3n) is 2.08. The molecule has 108 valence electrons. The smallest absolute Gasteiger partial charge is 0.238 e. The van der Waals surface area contributed by atoms with E-state index in [1.54, 1.807) is 0 Å². The van der Waals surface area contributed by atoms with Gasteiger partial charge in [-0.1, -0.05) is 0 Å². The summed E-state index contributed by atoms with van der Waals surface area (Å²) in [4.78, 5) is -0.645. The molecule has 2 N–H and O–H groups in total. The Morgan fingerprint density at radius 3 is 2.16 bits per heavy atom. The zero-order chi connectivity index (χ0) is 14.6. The number of benzene rings is 1. The predicted molar refractivity (Wildman–Crippen MR) is 64.3 cm³/mol. The van der Waals surface area contributed by atoms with Crippen molar-refractivity contribution in [3.05, 3.63) is 23.8 Å². The van der Waals surface area contributed by atoms with Gasteiger partial charge in [-0.2, -0.15) is 0 Å². The second kappa shape index (κ2) is 6.27. The van der Waals surface area contributed by atoms with E-state index in [-0.39, 0.29) is 19.3 Å². The topological polar surface area (TPSA) is 78.6 Å². The molecule has 0 aliphatic carbocycles. The molecule has 0 saturated heterocycles. The Bertz CT molecular complexity index is 523. The molecule has 0 unspecified atom stereocenters. The van der Waals surface area contributed by atoms with Crippen molar-refractivity contribution in [1.29, 1.82) is 0 Å². The first-order valence-corrected chi connectivity index (χ1v) is 7.02. The van der Waals surface area contributed by atoms with Gasteiger partial charge < -0.3 is 9.47 Å². The van der Waals surface area contributed by atoms with Crippen LogP contribution in [0.5, 0.6) is 5.75 Å². The molecule has 19 heavy (non-hydrogen) atoms. The minimum Gasteiger partial charge on any atom is -0.485 e. The van der Waals surface area contributed by atoms with Crippen LogP contribution in [-0.4, -0.2) is 27.7 Å². The van der Waals surface area contributed by atoms with Gasteiger partial charge in [0.2, 0.25) is 10.0 Å². The van der Waals surface area contributed by atoms with Gasteiger partial charge in [0.15, 0.2) is 17.4 Å². The summed E-state index contributed by atoms with van der Waals surface area (Å²) in [6.45, 7) is 3.72. The van der Waals surface area contributed by atoms with E-state index in [4.69, 9.17) is 14.6 Å². The Balaban J connectivity index is 2.81. The molecule has 0 bridgehead atoms. The highest BCUT2D eigenvalue weighted by Gasteiger charge is 2.17. The molecule has 1 rings (SSSR count). The van der Waals surface area contributed by atoms with E-state index in [1.165, 1.54) is 0 Å². The Kier molecular flexibility index (Phi) is 5.21. The number of hydrogen-bond donors (Lipinski definition) is 1. The van der Waals surface area contributed by atoms with Crippen LogP contribution in [0.15, 0.2) is 17.0 Å². The summed E-state index contributed by atoms with van der Waals surface area (Å²) in [6, 6.07) is 1.22. The van der Waals surface area contributed by atoms with Gasteiger partial charge in [-0.3, -0.25) is 0 Å². The zero-order valence-corrected chi connectivity index (χ0v) is 11.3. The van der Waals surface area contributed by atoms with E-state index in [1.807, 2.05) is 13.8 Å². The van der Waals surface area contributed by atoms with Crippen LogP contribution in [0.1, 0.15) is 13.8 Å². The highest BCUT2D eigenvalue weighted by Crippen LogP contribution is 2.24. The molecule has 0 heterocycles. The van der Waals surface area contributed by atoms with E-state index in [9.17, 15) is 17.2 Å². The first-order chi connectivity index (χ1) is 8.71. The van der Waals surface area contributed by atoms with E-state index in [0.717, 1.165) is 0 Å². The molecule has 0 aliphatic rings. The monoisotopic (exact) mass is 295 g/mol. The third kappa shape index (κ3) is 4.73. The fourth-order valence-electron chi connectivity index (χ4n) is 1.27. The number of rotatable bonds is 6. The molecular formula is C11H15F2NO4S. The number of hydrogen-bond acceptors (Lipinski definition) is 4. The van der Waals surface area contributed by atoms with Gasteiger partial charge in [-0.05, 0) is 26.0 Å². The van der Waals surface area contributed by atoms with Crippen LogP contribution in [0.25, 0.3) is 0 Å². The van der Waals surface area contributed by atoms with E-state index < -0.39 is 32.3 Å². The van der Waals surface area contributed by atoms with Crippen LogP contribution in [0.3, 0.4) is 0 Å². The van der Waals surface area contributed by atoms with Crippen molar-refractivity contribution in [2.45, 2.75) is 24.8 Å². The Morgan fingerprint density at radius 1 is 1.21 bits per heavy atom. The maximum absolute atomic E-state index is 13.5. The fraction of sp³-hybridized carbons (Fsp3) is 0.455. The van der Waals surface area contributed by atoms with Crippen molar-refractivity contribution >= 4 is 10.0 Å². The Morgan fingerprint density at radius 2 is 1.74 bits per heavy atom. The van der Waals surface area contributed by atoms with Crippen molar-refractivity contribution in [3.63, 3.8) is 0 Å². The van der Waals surface area contributed by atoms with Gasteiger partial charge in [0.05, 0.1) is 17.6 Å². The lowest BCUT2D eigenvalue weighted by atomic mass is 10.3. The lowest BCUT2D eigenvalue weighted by Crippen LogP contribution is -2.15. The molecule has 5 nitrogen and oxygen atoms in total. The van der Waals surface area contributed by atoms with Crippen LogP contribution in [0.2, 0.25) is 0 Å².